The molecule has 0 amide bonds. The van der Waals surface area contributed by atoms with Crippen LogP contribution < -0.4 is 37.7 Å². The molecule has 0 heterocycles. The summed E-state index contributed by atoms with van der Waals surface area (Å²) in [7, 11) is 0. The molecule has 0 radical (unpaired) electrons. The third kappa shape index (κ3) is 39.5. The summed E-state index contributed by atoms with van der Waals surface area (Å²) >= 11 is 6.78. The minimum absolute atomic E-state index is 0. The van der Waals surface area contributed by atoms with Crippen LogP contribution in [0.5, 0.6) is 0 Å². The van der Waals surface area contributed by atoms with E-state index in [2.05, 4.69) is 79.3 Å². The first-order valence-corrected chi connectivity index (χ1v) is 31.1. The Labute approximate surface area is 504 Å². The molecule has 0 saturated heterocycles. The van der Waals surface area contributed by atoms with Crippen LogP contribution in [0.25, 0.3) is 0 Å². The summed E-state index contributed by atoms with van der Waals surface area (Å²) in [6, 6.07) is 0. The predicted octanol–water partition coefficient (Wildman–Crippen LogP) is 20.1. The molecule has 0 aromatic rings. The molecule has 0 spiro atoms. The van der Waals surface area contributed by atoms with Crippen molar-refractivity contribution >= 4 is 31.9 Å². The standard InChI is InChI=1S/C22H40.C15H27Br.C14H25.C7H13.C2H5Br.8CH4.2Li/c1-17-3-7-19(8-4-17)15-21-11-13-22(14-12-21)16-20-9-5-18(2)6-10-20;1-12-2-4-13(5-3-12)10-14-6-8-15(11-16)9-7-14;1-12-7-9-14(10-8-12)11-13-5-3-2-4-6-13;1-7-5-3-2-4-6-7;1-2-3;;;;;;;;;;/h17-22H,3-16H2,1-2H3;12-15H,2-11H2,1H3;2,12-14H,3-11H2,1H3;2,7H,3-6H2,1H3;2H2,1H3;8*1H4;;/q;;2*-1;;;;;;;;;;2*+1. The zero-order valence-electron chi connectivity index (χ0n) is 44.9. The van der Waals surface area contributed by atoms with Gasteiger partial charge in [0.15, 0.2) is 0 Å². The minimum atomic E-state index is 0. The van der Waals surface area contributed by atoms with E-state index in [9.17, 15) is 0 Å². The largest absolute Gasteiger partial charge is 1.00 e. The SMILES string of the molecule is C.C.C.C.C.C.C.C.CC1CCC(CC2CCC(CBr)CC2)CC1.CC1CCC(CC2CCC(CC3CCC(C)CC3)CC2)CC1.CC1CCC(CC2CC[CH-]CC2)CC1.CC1CC[CH-]CC1.CCBr.[Li+].[Li+]. The van der Waals surface area contributed by atoms with Crippen molar-refractivity contribution in [2.45, 2.75) is 332 Å². The summed E-state index contributed by atoms with van der Waals surface area (Å²) in [6.07, 6.45) is 59.2. The van der Waals surface area contributed by atoms with Crippen molar-refractivity contribution in [3.8, 4) is 0 Å². The second-order valence-corrected chi connectivity index (χ2v) is 26.3. The normalized spacial score (nSPS) is 32.2. The first-order valence-electron chi connectivity index (χ1n) is 28.9. The monoisotopic (exact) mass is 1130 g/mol. The maximum Gasteiger partial charge on any atom is 1.00 e. The Morgan fingerprint density at radius 3 is 0.597 bits per heavy atom. The Hall–Kier alpha value is 2.15. The minimum Gasteiger partial charge on any atom is -0.328 e. The van der Waals surface area contributed by atoms with Crippen LogP contribution in [0, 0.1) is 95.7 Å². The van der Waals surface area contributed by atoms with Crippen LogP contribution in [0.1, 0.15) is 332 Å². The summed E-state index contributed by atoms with van der Waals surface area (Å²) in [5.74, 6) is 14.8. The summed E-state index contributed by atoms with van der Waals surface area (Å²) in [4.78, 5) is 0. The molecular weight excluding hydrogens is 990 g/mol. The summed E-state index contributed by atoms with van der Waals surface area (Å²) in [5.41, 5.74) is 0. The Balaban J connectivity index is -0.000000153. The van der Waals surface area contributed by atoms with Gasteiger partial charge in [0.1, 0.15) is 0 Å². The van der Waals surface area contributed by atoms with Gasteiger partial charge in [-0.15, -0.1) is 0 Å². The van der Waals surface area contributed by atoms with Crippen LogP contribution in [-0.2, 0) is 0 Å². The first kappa shape index (κ1) is 88.0. The molecule has 0 N–H and O–H groups in total. The van der Waals surface area contributed by atoms with E-state index in [-0.39, 0.29) is 97.1 Å². The number of hydrogen-bond donors (Lipinski definition) is 0. The molecule has 4 heteroatoms. The van der Waals surface area contributed by atoms with Gasteiger partial charge in [-0.05, 0) is 121 Å². The molecule has 8 aliphatic rings. The van der Waals surface area contributed by atoms with E-state index < -0.39 is 0 Å². The quantitative estimate of drug-likeness (QED) is 0.123. The maximum atomic E-state index is 3.64. The van der Waals surface area contributed by atoms with Gasteiger partial charge in [-0.2, -0.15) is 25.7 Å². The van der Waals surface area contributed by atoms with Crippen LogP contribution in [0.15, 0.2) is 0 Å². The van der Waals surface area contributed by atoms with E-state index in [1.54, 1.807) is 77.0 Å². The maximum absolute atomic E-state index is 3.64. The molecule has 8 fully saturated rings. The van der Waals surface area contributed by atoms with Crippen molar-refractivity contribution < 1.29 is 37.7 Å². The molecule has 72 heavy (non-hydrogen) atoms. The second-order valence-electron chi connectivity index (χ2n) is 24.5. The van der Waals surface area contributed by atoms with E-state index in [0.29, 0.717) is 0 Å². The number of halogens is 2. The molecule has 0 aromatic heterocycles. The van der Waals surface area contributed by atoms with Crippen molar-refractivity contribution in [1.29, 1.82) is 0 Å². The fourth-order valence-electron chi connectivity index (χ4n) is 13.8. The van der Waals surface area contributed by atoms with Crippen LogP contribution in [0.3, 0.4) is 0 Å². The number of rotatable bonds is 9. The average Bonchev–Trinajstić information content (AvgIpc) is 3.29. The van der Waals surface area contributed by atoms with Crippen LogP contribution in [0.2, 0.25) is 0 Å². The zero-order valence-corrected chi connectivity index (χ0v) is 48.0. The van der Waals surface area contributed by atoms with Crippen LogP contribution in [-0.4, -0.2) is 10.7 Å². The second kappa shape index (κ2) is 53.8. The molecule has 0 aromatic carbocycles. The zero-order chi connectivity index (χ0) is 44.4. The average molecular weight is 1130 g/mol. The number of alkyl halides is 2. The van der Waals surface area contributed by atoms with Gasteiger partial charge in [-0.1, -0.05) is 300 Å². The number of hydrogen-bond acceptors (Lipinski definition) is 0. The molecule has 0 nitrogen and oxygen atoms in total. The molecule has 0 bridgehead atoms. The Bertz CT molecular complexity index is 977. The molecule has 0 atom stereocenters. The molecular formula is C68H142Br2Li2. The molecule has 430 valence electrons. The van der Waals surface area contributed by atoms with E-state index in [1.807, 2.05) is 6.92 Å². The first-order chi connectivity index (χ1) is 30.1. The smallest absolute Gasteiger partial charge is 0.328 e. The predicted molar refractivity (Wildman–Crippen MR) is 339 cm³/mol. The van der Waals surface area contributed by atoms with Crippen molar-refractivity contribution in [3.05, 3.63) is 12.8 Å². The summed E-state index contributed by atoms with van der Waals surface area (Å²) in [5, 5.41) is 2.30. The summed E-state index contributed by atoms with van der Waals surface area (Å²) in [6.45, 7) is 14.1. The molecule has 8 saturated carbocycles. The third-order valence-corrected chi connectivity index (χ3v) is 19.6. The Kier molecular flexibility index (Phi) is 65.7. The van der Waals surface area contributed by atoms with Gasteiger partial charge in [0, 0.05) is 10.7 Å². The van der Waals surface area contributed by atoms with Gasteiger partial charge in [0.05, 0.1) is 0 Å². The molecule has 0 unspecified atom stereocenters. The van der Waals surface area contributed by atoms with Crippen molar-refractivity contribution in [3.63, 3.8) is 0 Å². The van der Waals surface area contributed by atoms with Crippen molar-refractivity contribution in [2.75, 3.05) is 10.7 Å². The van der Waals surface area contributed by atoms with Gasteiger partial charge >= 0.3 is 37.7 Å². The van der Waals surface area contributed by atoms with Gasteiger partial charge in [0.25, 0.3) is 0 Å². The Morgan fingerprint density at radius 2 is 0.417 bits per heavy atom. The van der Waals surface area contributed by atoms with E-state index >= 15 is 0 Å². The molecule has 8 aliphatic carbocycles. The van der Waals surface area contributed by atoms with Gasteiger partial charge in [0.2, 0.25) is 0 Å². The third-order valence-electron chi connectivity index (χ3n) is 18.6. The molecule has 8 rings (SSSR count). The van der Waals surface area contributed by atoms with Gasteiger partial charge in [-0.25, -0.2) is 0 Å². The fraction of sp³-hybridized carbons (Fsp3) is 0.971. The van der Waals surface area contributed by atoms with Crippen molar-refractivity contribution in [2.24, 2.45) is 82.9 Å². The van der Waals surface area contributed by atoms with Crippen molar-refractivity contribution in [1.82, 2.24) is 0 Å². The van der Waals surface area contributed by atoms with Crippen LogP contribution >= 0.6 is 31.9 Å². The Morgan fingerprint density at radius 1 is 0.264 bits per heavy atom. The topological polar surface area (TPSA) is 0 Å². The van der Waals surface area contributed by atoms with E-state index in [1.165, 1.54) is 159 Å². The molecule has 0 aliphatic heterocycles. The van der Waals surface area contributed by atoms with E-state index in [4.69, 9.17) is 0 Å². The van der Waals surface area contributed by atoms with Crippen LogP contribution in [0.4, 0.5) is 0 Å². The fourth-order valence-corrected chi connectivity index (χ4v) is 14.4. The van der Waals surface area contributed by atoms with Gasteiger partial charge < -0.3 is 12.8 Å². The van der Waals surface area contributed by atoms with Gasteiger partial charge in [-0.3, -0.25) is 0 Å². The summed E-state index contributed by atoms with van der Waals surface area (Å²) < 4.78 is 0. The van der Waals surface area contributed by atoms with E-state index in [0.717, 1.165) is 88.2 Å².